The molecule has 0 aliphatic carbocycles. The molecule has 0 aromatic rings. The van der Waals surface area contributed by atoms with E-state index in [4.69, 9.17) is 0 Å². The molecule has 0 aromatic carbocycles. The van der Waals surface area contributed by atoms with Crippen LogP contribution in [-0.2, 0) is 0 Å². The molecule has 1 aliphatic rings. The van der Waals surface area contributed by atoms with Gasteiger partial charge in [0.25, 0.3) is 0 Å². The normalized spacial score (nSPS) is 25.5. The maximum Gasteiger partial charge on any atom is 0.0448 e. The maximum atomic E-state index is 4.64. The molecule has 1 rings (SSSR count). The van der Waals surface area contributed by atoms with E-state index in [-0.39, 0.29) is 0 Å². The predicted octanol–water partition coefficient (Wildman–Crippen LogP) is 2.68. The highest BCUT2D eigenvalue weighted by molar-refractivity contribution is 6.01. The third-order valence-electron chi connectivity index (χ3n) is 2.53. The molecule has 2 heteroatoms. The minimum Gasteiger partial charge on any atom is -0.313 e. The molecule has 1 saturated heterocycles. The molecule has 2 nitrogen and oxygen atoms in total. The second-order valence-corrected chi connectivity index (χ2v) is 3.58. The zero-order chi connectivity index (χ0) is 10.4. The van der Waals surface area contributed by atoms with Crippen molar-refractivity contribution < 1.29 is 0 Å². The van der Waals surface area contributed by atoms with Crippen LogP contribution in [0.25, 0.3) is 0 Å². The van der Waals surface area contributed by atoms with Crippen LogP contribution in [0.15, 0.2) is 28.4 Å². The Morgan fingerprint density at radius 3 is 2.86 bits per heavy atom. The summed E-state index contributed by atoms with van der Waals surface area (Å²) in [6, 6.07) is 0. The van der Waals surface area contributed by atoms with E-state index in [1.54, 1.807) is 0 Å². The number of nitrogens with zero attached hydrogens (tertiary/aromatic N) is 1. The fourth-order valence-corrected chi connectivity index (χ4v) is 1.54. The van der Waals surface area contributed by atoms with Gasteiger partial charge in [0.15, 0.2) is 0 Å². The largest absolute Gasteiger partial charge is 0.313 e. The first-order valence-corrected chi connectivity index (χ1v) is 5.34. The average Bonchev–Trinajstić information content (AvgIpc) is 2.42. The fraction of sp³-hybridized carbons (Fsp3) is 0.583. The minimum atomic E-state index is 0.965. The Morgan fingerprint density at radius 2 is 2.21 bits per heavy atom. The van der Waals surface area contributed by atoms with Crippen molar-refractivity contribution in [2.24, 2.45) is 4.99 Å². The van der Waals surface area contributed by atoms with Gasteiger partial charge in [-0.15, -0.1) is 0 Å². The third-order valence-corrected chi connectivity index (χ3v) is 2.53. The minimum absolute atomic E-state index is 0.965. The van der Waals surface area contributed by atoms with Gasteiger partial charge in [-0.3, -0.25) is 4.99 Å². The van der Waals surface area contributed by atoms with Gasteiger partial charge in [0.2, 0.25) is 0 Å². The van der Waals surface area contributed by atoms with Crippen molar-refractivity contribution in [2.45, 2.75) is 33.6 Å². The second-order valence-electron chi connectivity index (χ2n) is 3.58. The van der Waals surface area contributed by atoms with E-state index in [0.717, 1.165) is 25.2 Å². The summed E-state index contributed by atoms with van der Waals surface area (Å²) in [6.07, 6.45) is 6.50. The van der Waals surface area contributed by atoms with Crippen LogP contribution in [0.2, 0.25) is 0 Å². The molecule has 1 heterocycles. The summed E-state index contributed by atoms with van der Waals surface area (Å²) in [6.45, 7) is 8.24. The van der Waals surface area contributed by atoms with E-state index in [1.807, 2.05) is 6.92 Å². The average molecular weight is 192 g/mol. The number of hydrogen-bond acceptors (Lipinski definition) is 2. The first-order chi connectivity index (χ1) is 6.77. The van der Waals surface area contributed by atoms with E-state index >= 15 is 0 Å². The quantitative estimate of drug-likeness (QED) is 0.678. The van der Waals surface area contributed by atoms with Gasteiger partial charge in [-0.1, -0.05) is 12.2 Å². The fourth-order valence-electron chi connectivity index (χ4n) is 1.54. The van der Waals surface area contributed by atoms with Gasteiger partial charge >= 0.3 is 0 Å². The molecule has 0 unspecified atom stereocenters. The molecular weight excluding hydrogens is 172 g/mol. The van der Waals surface area contributed by atoms with Crippen LogP contribution in [0.3, 0.4) is 0 Å². The topological polar surface area (TPSA) is 24.4 Å². The van der Waals surface area contributed by atoms with Crippen molar-refractivity contribution in [3.8, 4) is 0 Å². The molecule has 14 heavy (non-hydrogen) atoms. The van der Waals surface area contributed by atoms with Crippen molar-refractivity contribution in [3.05, 3.63) is 23.4 Å². The Morgan fingerprint density at radius 1 is 1.43 bits per heavy atom. The molecule has 1 aliphatic heterocycles. The van der Waals surface area contributed by atoms with Crippen LogP contribution >= 0.6 is 0 Å². The highest BCUT2D eigenvalue weighted by Gasteiger charge is 2.09. The van der Waals surface area contributed by atoms with Crippen LogP contribution in [0.5, 0.6) is 0 Å². The summed E-state index contributed by atoms with van der Waals surface area (Å²) < 4.78 is 0. The zero-order valence-corrected chi connectivity index (χ0v) is 9.43. The second kappa shape index (κ2) is 5.76. The van der Waals surface area contributed by atoms with Crippen molar-refractivity contribution in [3.63, 3.8) is 0 Å². The number of allylic oxidation sites excluding steroid dienone is 3. The SMILES string of the molecule is C\C=C(C)/N=C1/CCCNC/C1=C/C. The Hall–Kier alpha value is -0.890. The van der Waals surface area contributed by atoms with Crippen molar-refractivity contribution in [1.82, 2.24) is 5.32 Å². The summed E-state index contributed by atoms with van der Waals surface area (Å²) in [5.41, 5.74) is 3.72. The zero-order valence-electron chi connectivity index (χ0n) is 9.43. The number of rotatable bonds is 1. The smallest absolute Gasteiger partial charge is 0.0448 e. The summed E-state index contributed by atoms with van der Waals surface area (Å²) in [5, 5.41) is 3.40. The van der Waals surface area contributed by atoms with Crippen molar-refractivity contribution >= 4 is 5.71 Å². The van der Waals surface area contributed by atoms with Crippen molar-refractivity contribution in [2.75, 3.05) is 13.1 Å². The molecule has 0 amide bonds. The monoisotopic (exact) mass is 192 g/mol. The van der Waals surface area contributed by atoms with E-state index in [9.17, 15) is 0 Å². The van der Waals surface area contributed by atoms with Gasteiger partial charge in [-0.05, 0) is 45.7 Å². The molecule has 1 fully saturated rings. The van der Waals surface area contributed by atoms with Gasteiger partial charge in [0, 0.05) is 18.0 Å². The molecular formula is C12H20N2. The van der Waals surface area contributed by atoms with Gasteiger partial charge in [0.05, 0.1) is 0 Å². The number of nitrogens with one attached hydrogen (secondary N) is 1. The highest BCUT2D eigenvalue weighted by Crippen LogP contribution is 2.10. The van der Waals surface area contributed by atoms with E-state index < -0.39 is 0 Å². The lowest BCUT2D eigenvalue weighted by molar-refractivity contribution is 0.725. The lowest BCUT2D eigenvalue weighted by Gasteiger charge is -2.06. The standard InChI is InChI=1S/C12H20N2/c1-4-10(3)14-12-7-6-8-13-9-11(12)5-2/h4-5,13H,6-9H2,1-3H3/b10-4-,11-5-,14-12-. The first kappa shape index (κ1) is 11.2. The lowest BCUT2D eigenvalue weighted by atomic mass is 10.1. The van der Waals surface area contributed by atoms with Crippen LogP contribution in [-0.4, -0.2) is 18.8 Å². The molecule has 0 spiro atoms. The summed E-state index contributed by atoms with van der Waals surface area (Å²) in [4.78, 5) is 4.64. The molecule has 1 N–H and O–H groups in total. The summed E-state index contributed by atoms with van der Waals surface area (Å²) in [7, 11) is 0. The molecule has 0 atom stereocenters. The summed E-state index contributed by atoms with van der Waals surface area (Å²) in [5.74, 6) is 0. The van der Waals surface area contributed by atoms with Crippen LogP contribution in [0, 0.1) is 0 Å². The molecule has 0 saturated carbocycles. The van der Waals surface area contributed by atoms with Gasteiger partial charge in [0.1, 0.15) is 0 Å². The Labute approximate surface area is 86.8 Å². The maximum absolute atomic E-state index is 4.64. The predicted molar refractivity (Wildman–Crippen MR) is 62.7 cm³/mol. The van der Waals surface area contributed by atoms with Crippen LogP contribution < -0.4 is 5.32 Å². The van der Waals surface area contributed by atoms with E-state index in [1.165, 1.54) is 17.7 Å². The van der Waals surface area contributed by atoms with E-state index in [2.05, 4.69) is 36.3 Å². The van der Waals surface area contributed by atoms with Crippen LogP contribution in [0.4, 0.5) is 0 Å². The molecule has 0 aromatic heterocycles. The van der Waals surface area contributed by atoms with Gasteiger partial charge in [-0.2, -0.15) is 0 Å². The van der Waals surface area contributed by atoms with Gasteiger partial charge < -0.3 is 5.32 Å². The van der Waals surface area contributed by atoms with E-state index in [0.29, 0.717) is 0 Å². The number of hydrogen-bond donors (Lipinski definition) is 1. The van der Waals surface area contributed by atoms with Gasteiger partial charge in [-0.25, -0.2) is 0 Å². The van der Waals surface area contributed by atoms with Crippen molar-refractivity contribution in [1.29, 1.82) is 0 Å². The Kier molecular flexibility index (Phi) is 4.60. The lowest BCUT2D eigenvalue weighted by Crippen LogP contribution is -2.16. The number of aliphatic imine (C=N–C) groups is 1. The highest BCUT2D eigenvalue weighted by atomic mass is 14.9. The van der Waals surface area contributed by atoms with Crippen LogP contribution in [0.1, 0.15) is 33.6 Å². The Bertz CT molecular complexity index is 272. The first-order valence-electron chi connectivity index (χ1n) is 5.34. The Balaban J connectivity index is 2.86. The third kappa shape index (κ3) is 3.11. The summed E-state index contributed by atoms with van der Waals surface area (Å²) >= 11 is 0. The molecule has 78 valence electrons. The molecule has 0 radical (unpaired) electrons. The molecule has 0 bridgehead atoms.